The van der Waals surface area contributed by atoms with Crippen molar-refractivity contribution in [3.63, 3.8) is 0 Å². The minimum atomic E-state index is -4.89. The zero-order valence-corrected chi connectivity index (χ0v) is 14.7. The number of alkyl halides is 5. The smallest absolute Gasteiger partial charge is 0.406 e. The van der Waals surface area contributed by atoms with Crippen LogP contribution in [-0.2, 0) is 9.53 Å². The van der Waals surface area contributed by atoms with E-state index in [-0.39, 0.29) is 17.4 Å². The number of benzene rings is 1. The van der Waals surface area contributed by atoms with Gasteiger partial charge in [-0.3, -0.25) is 4.79 Å². The second-order valence-corrected chi connectivity index (χ2v) is 6.90. The van der Waals surface area contributed by atoms with Crippen LogP contribution in [0.1, 0.15) is 45.2 Å². The molecule has 1 aromatic carbocycles. The summed E-state index contributed by atoms with van der Waals surface area (Å²) in [5, 5.41) is 2.52. The monoisotopic (exact) mass is 383 g/mol. The van der Waals surface area contributed by atoms with Crippen molar-refractivity contribution in [2.24, 2.45) is 5.41 Å². The van der Waals surface area contributed by atoms with Gasteiger partial charge in [0.05, 0.1) is 12.6 Å². The van der Waals surface area contributed by atoms with Gasteiger partial charge in [-0.2, -0.15) is 8.78 Å². The SMILES string of the molecule is CC(C)(C)CCC(=O)N[C@@H](COC(F)F)c1cccc(OC(F)(F)F)c1. The fraction of sp³-hybridized carbons (Fsp3) is 0.588. The number of amides is 1. The van der Waals surface area contributed by atoms with Crippen molar-refractivity contribution in [3.8, 4) is 5.75 Å². The van der Waals surface area contributed by atoms with Gasteiger partial charge in [0.2, 0.25) is 5.91 Å². The van der Waals surface area contributed by atoms with Crippen molar-refractivity contribution in [1.29, 1.82) is 0 Å². The van der Waals surface area contributed by atoms with Crippen LogP contribution in [-0.4, -0.2) is 25.5 Å². The van der Waals surface area contributed by atoms with Gasteiger partial charge in [0.1, 0.15) is 5.75 Å². The minimum Gasteiger partial charge on any atom is -0.406 e. The molecule has 4 nitrogen and oxygen atoms in total. The quantitative estimate of drug-likeness (QED) is 0.656. The first-order valence-corrected chi connectivity index (χ1v) is 7.90. The fourth-order valence-corrected chi connectivity index (χ4v) is 2.07. The van der Waals surface area contributed by atoms with Crippen LogP contribution in [0.5, 0.6) is 5.75 Å². The van der Waals surface area contributed by atoms with Crippen LogP contribution in [0.3, 0.4) is 0 Å². The molecule has 0 bridgehead atoms. The summed E-state index contributed by atoms with van der Waals surface area (Å²) in [4.78, 5) is 12.1. The first kappa shape index (κ1) is 22.1. The largest absolute Gasteiger partial charge is 0.573 e. The highest BCUT2D eigenvalue weighted by atomic mass is 19.4. The molecule has 0 aromatic heterocycles. The van der Waals surface area contributed by atoms with Crippen LogP contribution >= 0.6 is 0 Å². The highest BCUT2D eigenvalue weighted by Crippen LogP contribution is 2.26. The van der Waals surface area contributed by atoms with E-state index >= 15 is 0 Å². The summed E-state index contributed by atoms with van der Waals surface area (Å²) in [6, 6.07) is 3.73. The molecule has 1 atom stereocenters. The van der Waals surface area contributed by atoms with Gasteiger partial charge >= 0.3 is 13.0 Å². The molecule has 1 aromatic rings. The Kier molecular flexibility index (Phi) is 7.80. The predicted molar refractivity (Wildman–Crippen MR) is 84.7 cm³/mol. The van der Waals surface area contributed by atoms with E-state index in [1.54, 1.807) is 0 Å². The third-order valence-corrected chi connectivity index (χ3v) is 3.32. The number of carbonyl (C=O) groups excluding carboxylic acids is 1. The van der Waals surface area contributed by atoms with Crippen molar-refractivity contribution < 1.29 is 36.2 Å². The third-order valence-electron chi connectivity index (χ3n) is 3.32. The summed E-state index contributed by atoms with van der Waals surface area (Å²) in [5.74, 6) is -0.925. The van der Waals surface area contributed by atoms with Gasteiger partial charge in [-0.05, 0) is 29.5 Å². The molecule has 0 heterocycles. The number of hydrogen-bond donors (Lipinski definition) is 1. The van der Waals surface area contributed by atoms with E-state index in [1.165, 1.54) is 12.1 Å². The molecule has 148 valence electrons. The number of nitrogens with one attached hydrogen (secondary N) is 1. The molecule has 1 N–H and O–H groups in total. The van der Waals surface area contributed by atoms with Crippen molar-refractivity contribution >= 4 is 5.91 Å². The van der Waals surface area contributed by atoms with E-state index in [0.29, 0.717) is 6.42 Å². The van der Waals surface area contributed by atoms with Gasteiger partial charge in [-0.25, -0.2) is 0 Å². The average molecular weight is 383 g/mol. The average Bonchev–Trinajstić information content (AvgIpc) is 2.47. The summed E-state index contributed by atoms with van der Waals surface area (Å²) in [7, 11) is 0. The van der Waals surface area contributed by atoms with E-state index in [2.05, 4.69) is 14.8 Å². The minimum absolute atomic E-state index is 0.104. The lowest BCUT2D eigenvalue weighted by molar-refractivity contribution is -0.274. The van der Waals surface area contributed by atoms with E-state index in [0.717, 1.165) is 12.1 Å². The Morgan fingerprint density at radius 1 is 1.19 bits per heavy atom. The molecule has 9 heteroatoms. The first-order chi connectivity index (χ1) is 11.9. The molecule has 0 saturated carbocycles. The summed E-state index contributed by atoms with van der Waals surface area (Å²) < 4.78 is 69.7. The molecule has 1 amide bonds. The van der Waals surface area contributed by atoms with Gasteiger partial charge < -0.3 is 14.8 Å². The Hall–Kier alpha value is -1.90. The standard InChI is InChI=1S/C17H22F5NO3/c1-16(2,3)8-7-14(24)23-13(10-25-15(18)19)11-5-4-6-12(9-11)26-17(20,21)22/h4-6,9,13,15H,7-8,10H2,1-3H3,(H,23,24)/t13-/m0/s1. The van der Waals surface area contributed by atoms with E-state index < -0.39 is 37.3 Å². The van der Waals surface area contributed by atoms with Crippen LogP contribution in [0.2, 0.25) is 0 Å². The Labute approximate surface area is 148 Å². The zero-order chi connectivity index (χ0) is 20.0. The second-order valence-electron chi connectivity index (χ2n) is 6.90. The molecule has 0 spiro atoms. The second kappa shape index (κ2) is 9.16. The highest BCUT2D eigenvalue weighted by Gasteiger charge is 2.31. The number of hydrogen-bond acceptors (Lipinski definition) is 3. The number of rotatable bonds is 8. The number of ether oxygens (including phenoxy) is 2. The van der Waals surface area contributed by atoms with Gasteiger partial charge in [0.15, 0.2) is 0 Å². The lowest BCUT2D eigenvalue weighted by Crippen LogP contribution is -2.32. The maximum Gasteiger partial charge on any atom is 0.573 e. The van der Waals surface area contributed by atoms with Crippen LogP contribution in [0, 0.1) is 5.41 Å². The zero-order valence-electron chi connectivity index (χ0n) is 14.7. The lowest BCUT2D eigenvalue weighted by Gasteiger charge is -2.22. The molecule has 0 fully saturated rings. The van der Waals surface area contributed by atoms with Crippen LogP contribution in [0.25, 0.3) is 0 Å². The van der Waals surface area contributed by atoms with Crippen molar-refractivity contribution in [2.45, 2.75) is 52.6 Å². The molecule has 0 saturated heterocycles. The molecule has 26 heavy (non-hydrogen) atoms. The normalized spacial score (nSPS) is 13.6. The maximum absolute atomic E-state index is 12.3. The topological polar surface area (TPSA) is 47.6 Å². The Morgan fingerprint density at radius 3 is 2.38 bits per heavy atom. The molecular formula is C17H22F5NO3. The Morgan fingerprint density at radius 2 is 1.85 bits per heavy atom. The summed E-state index contributed by atoms with van der Waals surface area (Å²) in [6.07, 6.45) is -4.19. The summed E-state index contributed by atoms with van der Waals surface area (Å²) in [5.41, 5.74) is 0.0590. The van der Waals surface area contributed by atoms with E-state index in [1.807, 2.05) is 20.8 Å². The van der Waals surface area contributed by atoms with Crippen LogP contribution in [0.4, 0.5) is 22.0 Å². The first-order valence-electron chi connectivity index (χ1n) is 7.90. The Balaban J connectivity index is 2.88. The van der Waals surface area contributed by atoms with Crippen molar-refractivity contribution in [3.05, 3.63) is 29.8 Å². The predicted octanol–water partition coefficient (Wildman–Crippen LogP) is 4.81. The van der Waals surface area contributed by atoms with Crippen LogP contribution < -0.4 is 10.1 Å². The van der Waals surface area contributed by atoms with Gasteiger partial charge in [-0.1, -0.05) is 32.9 Å². The Bertz CT molecular complexity index is 584. The fourth-order valence-electron chi connectivity index (χ4n) is 2.07. The highest BCUT2D eigenvalue weighted by molar-refractivity contribution is 5.76. The molecular weight excluding hydrogens is 361 g/mol. The lowest BCUT2D eigenvalue weighted by atomic mass is 9.90. The van der Waals surface area contributed by atoms with Crippen LogP contribution in [0.15, 0.2) is 24.3 Å². The van der Waals surface area contributed by atoms with E-state index in [9.17, 15) is 26.7 Å². The molecule has 0 aliphatic heterocycles. The number of halogens is 5. The van der Waals surface area contributed by atoms with Gasteiger partial charge in [-0.15, -0.1) is 13.2 Å². The van der Waals surface area contributed by atoms with Gasteiger partial charge in [0, 0.05) is 6.42 Å². The molecule has 0 aliphatic rings. The summed E-state index contributed by atoms with van der Waals surface area (Å²) in [6.45, 7) is 2.16. The van der Waals surface area contributed by atoms with E-state index in [4.69, 9.17) is 0 Å². The molecule has 0 radical (unpaired) electrons. The maximum atomic E-state index is 12.3. The molecule has 1 rings (SSSR count). The third kappa shape index (κ3) is 9.55. The molecule has 0 aliphatic carbocycles. The summed E-state index contributed by atoms with van der Waals surface area (Å²) >= 11 is 0. The van der Waals surface area contributed by atoms with Crippen molar-refractivity contribution in [1.82, 2.24) is 5.32 Å². The van der Waals surface area contributed by atoms with Gasteiger partial charge in [0.25, 0.3) is 0 Å². The molecule has 0 unspecified atom stereocenters. The van der Waals surface area contributed by atoms with Crippen molar-refractivity contribution in [2.75, 3.05) is 6.61 Å². The number of carbonyl (C=O) groups is 1.